The maximum Gasteiger partial charge on any atom is 0.256 e. The Labute approximate surface area is 171 Å². The fraction of sp³-hybridized carbons (Fsp3) is 0.304. The average molecular weight is 393 g/mol. The molecule has 0 radical (unpaired) electrons. The van der Waals surface area contributed by atoms with Crippen LogP contribution in [0.1, 0.15) is 38.4 Å². The van der Waals surface area contributed by atoms with Crippen LogP contribution in [0.15, 0.2) is 36.4 Å². The van der Waals surface area contributed by atoms with Gasteiger partial charge >= 0.3 is 0 Å². The third kappa shape index (κ3) is 4.26. The van der Waals surface area contributed by atoms with Crippen molar-refractivity contribution in [3.63, 3.8) is 0 Å². The van der Waals surface area contributed by atoms with E-state index in [1.807, 2.05) is 68.8 Å². The van der Waals surface area contributed by atoms with Crippen molar-refractivity contribution in [2.45, 2.75) is 34.2 Å². The van der Waals surface area contributed by atoms with Crippen molar-refractivity contribution in [3.05, 3.63) is 70.0 Å². The molecule has 3 rings (SSSR count). The van der Waals surface area contributed by atoms with Gasteiger partial charge in [0.15, 0.2) is 11.5 Å². The first-order chi connectivity index (χ1) is 13.8. The number of ether oxygens (including phenoxy) is 2. The zero-order valence-corrected chi connectivity index (χ0v) is 17.8. The number of carbonyl (C=O) groups is 1. The molecule has 1 N–H and O–H groups in total. The van der Waals surface area contributed by atoms with Crippen LogP contribution in [0.3, 0.4) is 0 Å². The lowest BCUT2D eigenvalue weighted by Gasteiger charge is -2.11. The SMILES string of the molecule is COc1ccc(Cn2nc(C)c(NC(=O)c3ccc(C)cc3C)c2C)cc1OC. The third-order valence-corrected chi connectivity index (χ3v) is 5.03. The minimum atomic E-state index is -0.126. The molecule has 0 bridgehead atoms. The minimum Gasteiger partial charge on any atom is -0.493 e. The van der Waals surface area contributed by atoms with Crippen LogP contribution in [0, 0.1) is 27.7 Å². The molecule has 2 aromatic carbocycles. The summed E-state index contributed by atoms with van der Waals surface area (Å²) in [4.78, 5) is 12.8. The Morgan fingerprint density at radius 3 is 2.38 bits per heavy atom. The number of benzene rings is 2. The maximum absolute atomic E-state index is 12.8. The predicted octanol–water partition coefficient (Wildman–Crippen LogP) is 4.43. The first-order valence-electron chi connectivity index (χ1n) is 9.47. The Kier molecular flexibility index (Phi) is 5.92. The number of rotatable bonds is 6. The van der Waals surface area contributed by atoms with Gasteiger partial charge in [-0.25, -0.2) is 0 Å². The molecule has 0 saturated heterocycles. The minimum absolute atomic E-state index is 0.126. The van der Waals surface area contributed by atoms with Gasteiger partial charge in [-0.15, -0.1) is 0 Å². The van der Waals surface area contributed by atoms with Gasteiger partial charge in [-0.05, 0) is 57.0 Å². The number of hydrogen-bond acceptors (Lipinski definition) is 4. The Hall–Kier alpha value is -3.28. The first-order valence-corrected chi connectivity index (χ1v) is 9.47. The number of amides is 1. The van der Waals surface area contributed by atoms with Crippen molar-refractivity contribution in [1.82, 2.24) is 9.78 Å². The summed E-state index contributed by atoms with van der Waals surface area (Å²) in [5, 5.41) is 7.65. The number of aryl methyl sites for hydroxylation is 3. The summed E-state index contributed by atoms with van der Waals surface area (Å²) < 4.78 is 12.6. The van der Waals surface area contributed by atoms with Crippen molar-refractivity contribution in [2.24, 2.45) is 0 Å². The van der Waals surface area contributed by atoms with Gasteiger partial charge in [0.1, 0.15) is 0 Å². The summed E-state index contributed by atoms with van der Waals surface area (Å²) in [5.74, 6) is 1.24. The summed E-state index contributed by atoms with van der Waals surface area (Å²) in [7, 11) is 3.23. The van der Waals surface area contributed by atoms with Crippen LogP contribution < -0.4 is 14.8 Å². The number of methoxy groups -OCH3 is 2. The van der Waals surface area contributed by atoms with Crippen LogP contribution in [0.2, 0.25) is 0 Å². The van der Waals surface area contributed by atoms with E-state index in [4.69, 9.17) is 9.47 Å². The number of carbonyl (C=O) groups excluding carboxylic acids is 1. The number of anilines is 1. The molecule has 0 spiro atoms. The van der Waals surface area contributed by atoms with Gasteiger partial charge in [0.25, 0.3) is 5.91 Å². The van der Waals surface area contributed by atoms with E-state index < -0.39 is 0 Å². The molecule has 0 atom stereocenters. The van der Waals surface area contributed by atoms with Crippen molar-refractivity contribution >= 4 is 11.6 Å². The van der Waals surface area contributed by atoms with Crippen LogP contribution in [-0.4, -0.2) is 29.9 Å². The monoisotopic (exact) mass is 393 g/mol. The highest BCUT2D eigenvalue weighted by Gasteiger charge is 2.17. The topological polar surface area (TPSA) is 65.4 Å². The Bertz CT molecular complexity index is 1050. The highest BCUT2D eigenvalue weighted by Crippen LogP contribution is 2.29. The van der Waals surface area contributed by atoms with Gasteiger partial charge in [0.2, 0.25) is 0 Å². The number of hydrogen-bond donors (Lipinski definition) is 1. The molecule has 29 heavy (non-hydrogen) atoms. The van der Waals surface area contributed by atoms with E-state index in [1.165, 1.54) is 0 Å². The predicted molar refractivity (Wildman–Crippen MR) is 114 cm³/mol. The van der Waals surface area contributed by atoms with E-state index in [1.54, 1.807) is 14.2 Å². The van der Waals surface area contributed by atoms with Crippen molar-refractivity contribution < 1.29 is 14.3 Å². The Balaban J connectivity index is 1.84. The van der Waals surface area contributed by atoms with Gasteiger partial charge in [-0.3, -0.25) is 9.48 Å². The van der Waals surface area contributed by atoms with Crippen LogP contribution in [-0.2, 0) is 6.54 Å². The fourth-order valence-corrected chi connectivity index (χ4v) is 3.43. The second kappa shape index (κ2) is 8.39. The number of aromatic nitrogens is 2. The van der Waals surface area contributed by atoms with Crippen molar-refractivity contribution in [1.29, 1.82) is 0 Å². The van der Waals surface area contributed by atoms with E-state index in [0.29, 0.717) is 23.6 Å². The van der Waals surface area contributed by atoms with Gasteiger partial charge in [-0.2, -0.15) is 5.10 Å². The Morgan fingerprint density at radius 1 is 1.00 bits per heavy atom. The van der Waals surface area contributed by atoms with Crippen LogP contribution in [0.4, 0.5) is 5.69 Å². The summed E-state index contributed by atoms with van der Waals surface area (Å²) in [6.45, 7) is 8.38. The molecular formula is C23H27N3O3. The van der Waals surface area contributed by atoms with Crippen molar-refractivity contribution in [3.8, 4) is 11.5 Å². The Morgan fingerprint density at radius 2 is 1.72 bits per heavy atom. The van der Waals surface area contributed by atoms with Crippen molar-refractivity contribution in [2.75, 3.05) is 19.5 Å². The van der Waals surface area contributed by atoms with E-state index in [9.17, 15) is 4.79 Å². The van der Waals surface area contributed by atoms with Crippen LogP contribution in [0.25, 0.3) is 0 Å². The molecule has 1 aromatic heterocycles. The highest BCUT2D eigenvalue weighted by atomic mass is 16.5. The summed E-state index contributed by atoms with van der Waals surface area (Å²) in [5.41, 5.74) is 6.21. The lowest BCUT2D eigenvalue weighted by Crippen LogP contribution is -2.14. The zero-order chi connectivity index (χ0) is 21.1. The molecule has 152 valence electrons. The first kappa shape index (κ1) is 20.5. The zero-order valence-electron chi connectivity index (χ0n) is 17.8. The standard InChI is InChI=1S/C23H27N3O3/c1-14-7-9-19(15(2)11-14)23(27)24-22-16(3)25-26(17(22)4)13-18-8-10-20(28-5)21(12-18)29-6/h7-12H,13H2,1-6H3,(H,24,27). The quantitative estimate of drug-likeness (QED) is 0.673. The molecule has 1 heterocycles. The van der Waals surface area contributed by atoms with Gasteiger partial charge in [0, 0.05) is 5.56 Å². The molecule has 0 aliphatic rings. The summed E-state index contributed by atoms with van der Waals surface area (Å²) in [6, 6.07) is 11.6. The number of nitrogens with zero attached hydrogens (tertiary/aromatic N) is 2. The van der Waals surface area contributed by atoms with E-state index >= 15 is 0 Å². The largest absolute Gasteiger partial charge is 0.493 e. The molecule has 0 unspecified atom stereocenters. The second-order valence-electron chi connectivity index (χ2n) is 7.17. The molecule has 6 heteroatoms. The molecule has 0 fully saturated rings. The molecule has 0 saturated carbocycles. The normalized spacial score (nSPS) is 10.7. The molecule has 6 nitrogen and oxygen atoms in total. The van der Waals surface area contributed by atoms with E-state index in [-0.39, 0.29) is 5.91 Å². The van der Waals surface area contributed by atoms with Gasteiger partial charge in [-0.1, -0.05) is 23.8 Å². The summed E-state index contributed by atoms with van der Waals surface area (Å²) >= 11 is 0. The second-order valence-corrected chi connectivity index (χ2v) is 7.17. The molecular weight excluding hydrogens is 366 g/mol. The lowest BCUT2D eigenvalue weighted by molar-refractivity contribution is 0.102. The summed E-state index contributed by atoms with van der Waals surface area (Å²) in [6.07, 6.45) is 0. The smallest absolute Gasteiger partial charge is 0.256 e. The number of nitrogens with one attached hydrogen (secondary N) is 1. The molecule has 1 amide bonds. The van der Waals surface area contributed by atoms with E-state index in [0.717, 1.165) is 33.8 Å². The van der Waals surface area contributed by atoms with Crippen LogP contribution in [0.5, 0.6) is 11.5 Å². The average Bonchev–Trinajstić information content (AvgIpc) is 2.95. The van der Waals surface area contributed by atoms with Gasteiger partial charge < -0.3 is 14.8 Å². The van der Waals surface area contributed by atoms with Gasteiger partial charge in [0.05, 0.1) is 37.8 Å². The maximum atomic E-state index is 12.8. The van der Waals surface area contributed by atoms with Crippen LogP contribution >= 0.6 is 0 Å². The highest BCUT2D eigenvalue weighted by molar-refractivity contribution is 6.05. The lowest BCUT2D eigenvalue weighted by atomic mass is 10.1. The van der Waals surface area contributed by atoms with E-state index in [2.05, 4.69) is 10.4 Å². The fourth-order valence-electron chi connectivity index (χ4n) is 3.43. The molecule has 0 aliphatic heterocycles. The molecule has 0 aliphatic carbocycles. The molecule has 3 aromatic rings. The third-order valence-electron chi connectivity index (χ3n) is 5.03.